The largest absolute Gasteiger partial charge is 0.493 e. The summed E-state index contributed by atoms with van der Waals surface area (Å²) in [4.78, 5) is 34.7. The van der Waals surface area contributed by atoms with E-state index in [9.17, 15) is 23.2 Å². The van der Waals surface area contributed by atoms with Crippen molar-refractivity contribution in [3.8, 4) is 11.5 Å². The first kappa shape index (κ1) is 23.3. The predicted molar refractivity (Wildman–Crippen MR) is 109 cm³/mol. The summed E-state index contributed by atoms with van der Waals surface area (Å²) in [6.07, 6.45) is 2.45. The molecule has 0 saturated heterocycles. The van der Waals surface area contributed by atoms with Crippen molar-refractivity contribution in [2.75, 3.05) is 24.4 Å². The monoisotopic (exact) mass is 434 g/mol. The van der Waals surface area contributed by atoms with Crippen LogP contribution in [0.4, 0.5) is 20.2 Å². The van der Waals surface area contributed by atoms with Gasteiger partial charge in [0.1, 0.15) is 0 Å². The maximum atomic E-state index is 12.3. The average molecular weight is 434 g/mol. The number of alkyl halides is 2. The molecule has 0 unspecified atom stereocenters. The number of amides is 2. The minimum Gasteiger partial charge on any atom is -0.493 e. The molecule has 2 aromatic carbocycles. The molecule has 164 valence electrons. The van der Waals surface area contributed by atoms with Crippen molar-refractivity contribution in [1.82, 2.24) is 0 Å². The van der Waals surface area contributed by atoms with Crippen molar-refractivity contribution in [1.29, 1.82) is 0 Å². The molecule has 0 spiro atoms. The number of nitrogens with one attached hydrogen (secondary N) is 2. The van der Waals surface area contributed by atoms with Crippen molar-refractivity contribution in [3.63, 3.8) is 0 Å². The fourth-order valence-corrected chi connectivity index (χ4v) is 2.37. The number of hydrogen-bond acceptors (Lipinski definition) is 6. The number of hydrogen-bond donors (Lipinski definition) is 2. The Kier molecular flexibility index (Phi) is 8.50. The summed E-state index contributed by atoms with van der Waals surface area (Å²) in [6.45, 7) is -2.13. The van der Waals surface area contributed by atoms with Crippen LogP contribution in [0.15, 0.2) is 48.5 Å². The number of benzene rings is 2. The highest BCUT2D eigenvalue weighted by Crippen LogP contribution is 2.29. The van der Waals surface area contributed by atoms with E-state index in [0.717, 1.165) is 6.08 Å². The molecule has 0 heterocycles. The SMILES string of the molecule is COc1cc(/C=C/C(=O)OCC(=O)Nc2ccc(NC(C)=O)cc2)ccc1OC(F)F. The lowest BCUT2D eigenvalue weighted by Gasteiger charge is -2.10. The zero-order chi connectivity index (χ0) is 22.8. The number of anilines is 2. The number of carbonyl (C=O) groups excluding carboxylic acids is 3. The van der Waals surface area contributed by atoms with Gasteiger partial charge in [-0.05, 0) is 48.0 Å². The molecule has 0 saturated carbocycles. The number of carbonyl (C=O) groups is 3. The summed E-state index contributed by atoms with van der Waals surface area (Å²) in [5.74, 6) is -1.61. The van der Waals surface area contributed by atoms with Crippen LogP contribution in [0.1, 0.15) is 12.5 Å². The third-order valence-electron chi connectivity index (χ3n) is 3.65. The zero-order valence-electron chi connectivity index (χ0n) is 16.7. The highest BCUT2D eigenvalue weighted by atomic mass is 19.3. The molecule has 0 fully saturated rings. The molecule has 10 heteroatoms. The topological polar surface area (TPSA) is 103 Å². The second-order valence-corrected chi connectivity index (χ2v) is 6.04. The molecule has 0 aliphatic heterocycles. The summed E-state index contributed by atoms with van der Waals surface area (Å²) in [7, 11) is 1.29. The van der Waals surface area contributed by atoms with Crippen molar-refractivity contribution >= 4 is 35.2 Å². The molecule has 0 bridgehead atoms. The summed E-state index contributed by atoms with van der Waals surface area (Å²) >= 11 is 0. The Hall–Kier alpha value is -3.95. The van der Waals surface area contributed by atoms with E-state index in [2.05, 4.69) is 15.4 Å². The van der Waals surface area contributed by atoms with Crippen molar-refractivity contribution < 1.29 is 37.4 Å². The summed E-state index contributed by atoms with van der Waals surface area (Å²) < 4.78 is 38.8. The molecule has 31 heavy (non-hydrogen) atoms. The second-order valence-electron chi connectivity index (χ2n) is 6.04. The maximum absolute atomic E-state index is 12.3. The van der Waals surface area contributed by atoms with Gasteiger partial charge in [-0.2, -0.15) is 8.78 Å². The van der Waals surface area contributed by atoms with Gasteiger partial charge in [-0.1, -0.05) is 6.07 Å². The van der Waals surface area contributed by atoms with Gasteiger partial charge in [0.05, 0.1) is 7.11 Å². The van der Waals surface area contributed by atoms with E-state index >= 15 is 0 Å². The van der Waals surface area contributed by atoms with Crippen LogP contribution < -0.4 is 20.1 Å². The van der Waals surface area contributed by atoms with Crippen LogP contribution in [0.25, 0.3) is 6.08 Å². The molecule has 0 radical (unpaired) electrons. The Morgan fingerprint density at radius 2 is 1.65 bits per heavy atom. The lowest BCUT2D eigenvalue weighted by Crippen LogP contribution is -2.20. The smallest absolute Gasteiger partial charge is 0.387 e. The van der Waals surface area contributed by atoms with Crippen LogP contribution in [0.5, 0.6) is 11.5 Å². The van der Waals surface area contributed by atoms with E-state index in [0.29, 0.717) is 16.9 Å². The van der Waals surface area contributed by atoms with Crippen LogP contribution >= 0.6 is 0 Å². The molecule has 2 aromatic rings. The van der Waals surface area contributed by atoms with Crippen molar-refractivity contribution in [2.24, 2.45) is 0 Å². The Labute approximate surface area is 176 Å². The minimum atomic E-state index is -2.99. The highest BCUT2D eigenvalue weighted by Gasteiger charge is 2.11. The lowest BCUT2D eigenvalue weighted by molar-refractivity contribution is -0.142. The van der Waals surface area contributed by atoms with E-state index < -0.39 is 25.1 Å². The number of methoxy groups -OCH3 is 1. The van der Waals surface area contributed by atoms with Gasteiger partial charge in [0, 0.05) is 24.4 Å². The van der Waals surface area contributed by atoms with Crippen molar-refractivity contribution in [3.05, 3.63) is 54.1 Å². The van der Waals surface area contributed by atoms with E-state index in [1.54, 1.807) is 24.3 Å². The normalized spacial score (nSPS) is 10.6. The summed E-state index contributed by atoms with van der Waals surface area (Å²) in [5.41, 5.74) is 1.51. The van der Waals surface area contributed by atoms with Crippen LogP contribution in [-0.4, -0.2) is 38.1 Å². The van der Waals surface area contributed by atoms with E-state index in [1.807, 2.05) is 0 Å². The average Bonchev–Trinajstić information content (AvgIpc) is 2.72. The first-order valence-electron chi connectivity index (χ1n) is 8.92. The van der Waals surface area contributed by atoms with Crippen LogP contribution in [-0.2, 0) is 19.1 Å². The quantitative estimate of drug-likeness (QED) is 0.463. The Balaban J connectivity index is 1.85. The molecule has 0 aliphatic carbocycles. The number of esters is 1. The standard InChI is InChI=1S/C21H20F2N2O6/c1-13(26)24-15-5-7-16(8-6-15)25-19(27)12-30-20(28)10-4-14-3-9-17(31-21(22)23)18(11-14)29-2/h3-11,21H,12H2,1-2H3,(H,24,26)(H,25,27)/b10-4+. The van der Waals surface area contributed by atoms with Gasteiger partial charge in [-0.3, -0.25) is 9.59 Å². The second kappa shape index (κ2) is 11.3. The maximum Gasteiger partial charge on any atom is 0.387 e. The number of rotatable bonds is 9. The third-order valence-corrected chi connectivity index (χ3v) is 3.65. The first-order valence-corrected chi connectivity index (χ1v) is 8.92. The molecule has 0 atom stereocenters. The Morgan fingerprint density at radius 1 is 1.00 bits per heavy atom. The van der Waals surface area contributed by atoms with E-state index in [-0.39, 0.29) is 17.4 Å². The van der Waals surface area contributed by atoms with Crippen LogP contribution in [0.3, 0.4) is 0 Å². The molecular weight excluding hydrogens is 414 g/mol. The number of ether oxygens (including phenoxy) is 3. The fraction of sp³-hybridized carbons (Fsp3) is 0.190. The van der Waals surface area contributed by atoms with Gasteiger partial charge in [0.2, 0.25) is 5.91 Å². The minimum absolute atomic E-state index is 0.0692. The van der Waals surface area contributed by atoms with Crippen LogP contribution in [0, 0.1) is 0 Å². The third kappa shape index (κ3) is 8.13. The predicted octanol–water partition coefficient (Wildman–Crippen LogP) is 3.45. The van der Waals surface area contributed by atoms with Crippen molar-refractivity contribution in [2.45, 2.75) is 13.5 Å². The Bertz CT molecular complexity index is 961. The fourth-order valence-electron chi connectivity index (χ4n) is 2.37. The Morgan fingerprint density at radius 3 is 2.23 bits per heavy atom. The molecule has 8 nitrogen and oxygen atoms in total. The summed E-state index contributed by atoms with van der Waals surface area (Å²) in [5, 5.41) is 5.14. The molecule has 2 amide bonds. The van der Waals surface area contributed by atoms with E-state index in [1.165, 1.54) is 38.3 Å². The van der Waals surface area contributed by atoms with Gasteiger partial charge < -0.3 is 24.8 Å². The van der Waals surface area contributed by atoms with Gasteiger partial charge in [0.15, 0.2) is 18.1 Å². The van der Waals surface area contributed by atoms with Gasteiger partial charge >= 0.3 is 12.6 Å². The van der Waals surface area contributed by atoms with Crippen LogP contribution in [0.2, 0.25) is 0 Å². The molecule has 2 rings (SSSR count). The molecule has 2 N–H and O–H groups in total. The summed E-state index contributed by atoms with van der Waals surface area (Å²) in [6, 6.07) is 10.5. The van der Waals surface area contributed by atoms with Gasteiger partial charge in [-0.25, -0.2) is 4.79 Å². The zero-order valence-corrected chi connectivity index (χ0v) is 16.7. The highest BCUT2D eigenvalue weighted by molar-refractivity contribution is 5.95. The van der Waals surface area contributed by atoms with Gasteiger partial charge in [0.25, 0.3) is 5.91 Å². The molecule has 0 aliphatic rings. The number of halogens is 2. The molecule has 0 aromatic heterocycles. The van der Waals surface area contributed by atoms with Gasteiger partial charge in [-0.15, -0.1) is 0 Å². The lowest BCUT2D eigenvalue weighted by atomic mass is 10.2. The van der Waals surface area contributed by atoms with E-state index in [4.69, 9.17) is 9.47 Å². The first-order chi connectivity index (χ1) is 14.8. The molecular formula is C21H20F2N2O6.